The van der Waals surface area contributed by atoms with Crippen LogP contribution in [0.3, 0.4) is 0 Å². The minimum atomic E-state index is 0.0761. The van der Waals surface area contributed by atoms with E-state index in [9.17, 15) is 0 Å². The fourth-order valence-corrected chi connectivity index (χ4v) is 2.34. The molecule has 0 heterocycles. The van der Waals surface area contributed by atoms with Gasteiger partial charge in [-0.3, -0.25) is 0 Å². The van der Waals surface area contributed by atoms with Gasteiger partial charge in [0.25, 0.3) is 0 Å². The molecule has 0 aliphatic carbocycles. The van der Waals surface area contributed by atoms with Gasteiger partial charge in [-0.15, -0.1) is 0 Å². The van der Waals surface area contributed by atoms with Crippen molar-refractivity contribution >= 4 is 21.6 Å². The number of nitrogens with zero attached hydrogens (tertiary/aromatic N) is 1. The minimum absolute atomic E-state index is 0.0761. The van der Waals surface area contributed by atoms with Gasteiger partial charge in [0.15, 0.2) is 0 Å². The standard InChI is InChI=1S/C14H22BrNO/c1-10(2)8-16(11(3)4)13-6-5-12(9-17)14(15)7-13/h5-7,10-11,17H,8-9H2,1-4H3. The van der Waals surface area contributed by atoms with E-state index < -0.39 is 0 Å². The molecular weight excluding hydrogens is 278 g/mol. The lowest BCUT2D eigenvalue weighted by Gasteiger charge is -2.31. The molecule has 1 aromatic rings. The van der Waals surface area contributed by atoms with Crippen LogP contribution in [-0.4, -0.2) is 17.7 Å². The summed E-state index contributed by atoms with van der Waals surface area (Å²) in [5, 5.41) is 9.16. The quantitative estimate of drug-likeness (QED) is 0.894. The van der Waals surface area contributed by atoms with Crippen molar-refractivity contribution in [2.45, 2.75) is 40.3 Å². The molecule has 96 valence electrons. The Kier molecular flexibility index (Phi) is 5.47. The highest BCUT2D eigenvalue weighted by Gasteiger charge is 2.13. The first-order chi connectivity index (χ1) is 7.95. The number of aliphatic hydroxyl groups is 1. The molecule has 0 aromatic heterocycles. The van der Waals surface area contributed by atoms with Crippen LogP contribution < -0.4 is 4.90 Å². The van der Waals surface area contributed by atoms with E-state index in [2.05, 4.69) is 60.7 Å². The molecule has 0 saturated carbocycles. The Labute approximate surface area is 113 Å². The van der Waals surface area contributed by atoms with Gasteiger partial charge in [-0.25, -0.2) is 0 Å². The van der Waals surface area contributed by atoms with Gasteiger partial charge >= 0.3 is 0 Å². The molecule has 0 spiro atoms. The number of hydrogen-bond acceptors (Lipinski definition) is 2. The second-order valence-electron chi connectivity index (χ2n) is 5.07. The van der Waals surface area contributed by atoms with Gasteiger partial charge in [-0.2, -0.15) is 0 Å². The zero-order valence-electron chi connectivity index (χ0n) is 11.1. The van der Waals surface area contributed by atoms with E-state index in [1.807, 2.05) is 6.07 Å². The molecule has 0 unspecified atom stereocenters. The van der Waals surface area contributed by atoms with Crippen molar-refractivity contribution in [3.63, 3.8) is 0 Å². The molecule has 1 rings (SSSR count). The van der Waals surface area contributed by atoms with Crippen molar-refractivity contribution < 1.29 is 5.11 Å². The van der Waals surface area contributed by atoms with E-state index in [1.54, 1.807) is 0 Å². The second kappa shape index (κ2) is 6.41. The summed E-state index contributed by atoms with van der Waals surface area (Å²) in [5.74, 6) is 0.633. The maximum Gasteiger partial charge on any atom is 0.0692 e. The van der Waals surface area contributed by atoms with Crippen LogP contribution in [0.5, 0.6) is 0 Å². The first-order valence-electron chi connectivity index (χ1n) is 6.11. The lowest BCUT2D eigenvalue weighted by atomic mass is 10.1. The average Bonchev–Trinajstić information content (AvgIpc) is 2.25. The predicted molar refractivity (Wildman–Crippen MR) is 77.4 cm³/mol. The third kappa shape index (κ3) is 4.00. The second-order valence-corrected chi connectivity index (χ2v) is 5.93. The lowest BCUT2D eigenvalue weighted by Crippen LogP contribution is -2.34. The van der Waals surface area contributed by atoms with Crippen LogP contribution in [-0.2, 0) is 6.61 Å². The van der Waals surface area contributed by atoms with Crippen molar-refractivity contribution in [2.75, 3.05) is 11.4 Å². The van der Waals surface area contributed by atoms with E-state index in [0.717, 1.165) is 16.6 Å². The van der Waals surface area contributed by atoms with E-state index in [0.29, 0.717) is 12.0 Å². The number of anilines is 1. The zero-order chi connectivity index (χ0) is 13.0. The van der Waals surface area contributed by atoms with Gasteiger partial charge in [0.2, 0.25) is 0 Å². The van der Waals surface area contributed by atoms with Gasteiger partial charge in [0.05, 0.1) is 6.61 Å². The normalized spacial score (nSPS) is 11.3. The fraction of sp³-hybridized carbons (Fsp3) is 0.571. The number of hydrogen-bond donors (Lipinski definition) is 1. The largest absolute Gasteiger partial charge is 0.392 e. The van der Waals surface area contributed by atoms with Gasteiger partial charge in [-0.05, 0) is 37.5 Å². The Morgan fingerprint density at radius 3 is 2.29 bits per heavy atom. The monoisotopic (exact) mass is 299 g/mol. The molecule has 17 heavy (non-hydrogen) atoms. The Morgan fingerprint density at radius 2 is 1.88 bits per heavy atom. The summed E-state index contributed by atoms with van der Waals surface area (Å²) in [6.07, 6.45) is 0. The van der Waals surface area contributed by atoms with Crippen LogP contribution in [0.2, 0.25) is 0 Å². The molecule has 0 saturated heterocycles. The number of aliphatic hydroxyl groups excluding tert-OH is 1. The van der Waals surface area contributed by atoms with Crippen molar-refractivity contribution in [2.24, 2.45) is 5.92 Å². The van der Waals surface area contributed by atoms with Gasteiger partial charge in [0, 0.05) is 22.7 Å². The summed E-state index contributed by atoms with van der Waals surface area (Å²) in [4.78, 5) is 2.39. The Bertz CT molecular complexity index is 363. The molecule has 0 fully saturated rings. The summed E-state index contributed by atoms with van der Waals surface area (Å²) in [6.45, 7) is 9.99. The Morgan fingerprint density at radius 1 is 1.24 bits per heavy atom. The minimum Gasteiger partial charge on any atom is -0.392 e. The van der Waals surface area contributed by atoms with Crippen molar-refractivity contribution in [3.05, 3.63) is 28.2 Å². The van der Waals surface area contributed by atoms with Gasteiger partial charge < -0.3 is 10.0 Å². The molecular formula is C14H22BrNO. The fourth-order valence-electron chi connectivity index (χ4n) is 1.85. The van der Waals surface area contributed by atoms with Crippen LogP contribution >= 0.6 is 15.9 Å². The molecule has 0 aliphatic rings. The zero-order valence-corrected chi connectivity index (χ0v) is 12.7. The van der Waals surface area contributed by atoms with E-state index >= 15 is 0 Å². The Balaban J connectivity index is 2.98. The molecule has 0 aliphatic heterocycles. The first kappa shape index (κ1) is 14.5. The number of halogens is 1. The van der Waals surface area contributed by atoms with E-state index in [4.69, 9.17) is 5.11 Å². The molecule has 2 nitrogen and oxygen atoms in total. The third-order valence-corrected chi connectivity index (χ3v) is 3.46. The summed E-state index contributed by atoms with van der Waals surface area (Å²) >= 11 is 3.50. The van der Waals surface area contributed by atoms with Crippen molar-refractivity contribution in [3.8, 4) is 0 Å². The summed E-state index contributed by atoms with van der Waals surface area (Å²) in [7, 11) is 0. The maximum absolute atomic E-state index is 9.16. The summed E-state index contributed by atoms with van der Waals surface area (Å²) < 4.78 is 0.979. The highest BCUT2D eigenvalue weighted by molar-refractivity contribution is 9.10. The molecule has 0 bridgehead atoms. The lowest BCUT2D eigenvalue weighted by molar-refractivity contribution is 0.281. The molecule has 1 aromatic carbocycles. The summed E-state index contributed by atoms with van der Waals surface area (Å²) in [5.41, 5.74) is 2.14. The molecule has 1 N–H and O–H groups in total. The smallest absolute Gasteiger partial charge is 0.0692 e. The van der Waals surface area contributed by atoms with Crippen LogP contribution in [0, 0.1) is 5.92 Å². The van der Waals surface area contributed by atoms with Crippen molar-refractivity contribution in [1.82, 2.24) is 0 Å². The van der Waals surface area contributed by atoms with Crippen LogP contribution in [0.4, 0.5) is 5.69 Å². The molecule has 0 amide bonds. The molecule has 0 atom stereocenters. The van der Waals surface area contributed by atoms with Gasteiger partial charge in [-0.1, -0.05) is 35.8 Å². The predicted octanol–water partition coefficient (Wildman–Crippen LogP) is 3.81. The SMILES string of the molecule is CC(C)CN(c1ccc(CO)c(Br)c1)C(C)C. The highest BCUT2D eigenvalue weighted by Crippen LogP contribution is 2.26. The van der Waals surface area contributed by atoms with Crippen LogP contribution in [0.15, 0.2) is 22.7 Å². The third-order valence-electron chi connectivity index (χ3n) is 2.72. The van der Waals surface area contributed by atoms with E-state index in [1.165, 1.54) is 5.69 Å². The Hall–Kier alpha value is -0.540. The van der Waals surface area contributed by atoms with Gasteiger partial charge in [0.1, 0.15) is 0 Å². The van der Waals surface area contributed by atoms with Crippen LogP contribution in [0.1, 0.15) is 33.3 Å². The number of benzene rings is 1. The average molecular weight is 300 g/mol. The highest BCUT2D eigenvalue weighted by atomic mass is 79.9. The number of rotatable bonds is 5. The molecule has 0 radical (unpaired) electrons. The van der Waals surface area contributed by atoms with E-state index in [-0.39, 0.29) is 6.61 Å². The van der Waals surface area contributed by atoms with Crippen molar-refractivity contribution in [1.29, 1.82) is 0 Å². The maximum atomic E-state index is 9.16. The molecule has 3 heteroatoms. The summed E-state index contributed by atoms with van der Waals surface area (Å²) in [6, 6.07) is 6.63. The van der Waals surface area contributed by atoms with Crippen LogP contribution in [0.25, 0.3) is 0 Å². The first-order valence-corrected chi connectivity index (χ1v) is 6.91. The topological polar surface area (TPSA) is 23.5 Å².